The molecule has 0 aliphatic rings. The molecule has 0 atom stereocenters. The molecule has 0 amide bonds. The van der Waals surface area contributed by atoms with Crippen LogP contribution in [-0.2, 0) is 6.54 Å². The van der Waals surface area contributed by atoms with Crippen LogP contribution in [0.15, 0.2) is 4.47 Å². The number of ether oxygens (including phenoxy) is 1. The molecule has 0 aliphatic heterocycles. The summed E-state index contributed by atoms with van der Waals surface area (Å²) >= 11 is 3.43. The maximum atomic E-state index is 9.91. The number of methoxy groups -OCH3 is 1. The average Bonchev–Trinajstić information content (AvgIpc) is 2.22. The smallest absolute Gasteiger partial charge is 0.164 e. The SMILES string of the molecule is COc1c(C)c(Br)c(C)c(CNO)c1O. The van der Waals surface area contributed by atoms with Gasteiger partial charge < -0.3 is 15.1 Å². The first-order chi connectivity index (χ1) is 7.04. The van der Waals surface area contributed by atoms with Gasteiger partial charge in [0.25, 0.3) is 0 Å². The number of aromatic hydroxyl groups is 1. The Morgan fingerprint density at radius 3 is 2.40 bits per heavy atom. The van der Waals surface area contributed by atoms with Crippen molar-refractivity contribution in [3.05, 3.63) is 21.2 Å². The molecule has 1 rings (SSSR count). The zero-order valence-corrected chi connectivity index (χ0v) is 10.5. The van der Waals surface area contributed by atoms with E-state index in [-0.39, 0.29) is 12.3 Å². The molecule has 84 valence electrons. The van der Waals surface area contributed by atoms with Crippen LogP contribution in [0.5, 0.6) is 11.5 Å². The minimum atomic E-state index is 0.0669. The molecule has 0 bridgehead atoms. The van der Waals surface area contributed by atoms with Crippen LogP contribution in [-0.4, -0.2) is 17.4 Å². The predicted molar refractivity (Wildman–Crippen MR) is 60.5 cm³/mol. The minimum absolute atomic E-state index is 0.0669. The van der Waals surface area contributed by atoms with E-state index in [2.05, 4.69) is 15.9 Å². The van der Waals surface area contributed by atoms with E-state index in [1.165, 1.54) is 7.11 Å². The Bertz CT molecular complexity index is 380. The molecule has 4 nitrogen and oxygen atoms in total. The molecule has 0 saturated carbocycles. The third kappa shape index (κ3) is 2.09. The first-order valence-corrected chi connectivity index (χ1v) is 5.25. The van der Waals surface area contributed by atoms with Crippen LogP contribution in [0, 0.1) is 13.8 Å². The van der Waals surface area contributed by atoms with Crippen molar-refractivity contribution in [3.63, 3.8) is 0 Å². The van der Waals surface area contributed by atoms with Crippen molar-refractivity contribution in [2.24, 2.45) is 0 Å². The standard InChI is InChI=1S/C10H14BrNO3/c1-5-7(4-12-14)9(13)10(15-3)6(2)8(5)11/h12-14H,4H2,1-3H3. The molecule has 5 heteroatoms. The van der Waals surface area contributed by atoms with Gasteiger partial charge in [0.05, 0.1) is 7.11 Å². The predicted octanol–water partition coefficient (Wildman–Crippen LogP) is 2.26. The number of phenolic OH excluding ortho intramolecular Hbond substituents is 1. The van der Waals surface area contributed by atoms with Gasteiger partial charge in [0, 0.05) is 22.1 Å². The Kier molecular flexibility index (Phi) is 3.96. The van der Waals surface area contributed by atoms with Gasteiger partial charge in [-0.25, -0.2) is 5.48 Å². The van der Waals surface area contributed by atoms with E-state index in [4.69, 9.17) is 9.94 Å². The maximum Gasteiger partial charge on any atom is 0.164 e. The van der Waals surface area contributed by atoms with Crippen LogP contribution in [0.3, 0.4) is 0 Å². The second-order valence-corrected chi connectivity index (χ2v) is 4.05. The summed E-state index contributed by atoms with van der Waals surface area (Å²) in [6, 6.07) is 0. The van der Waals surface area contributed by atoms with Crippen molar-refractivity contribution in [2.45, 2.75) is 20.4 Å². The van der Waals surface area contributed by atoms with Crippen LogP contribution in [0.1, 0.15) is 16.7 Å². The molecule has 0 fully saturated rings. The minimum Gasteiger partial charge on any atom is -0.504 e. The van der Waals surface area contributed by atoms with E-state index in [0.717, 1.165) is 15.6 Å². The molecule has 0 unspecified atom stereocenters. The van der Waals surface area contributed by atoms with Gasteiger partial charge in [-0.1, -0.05) is 15.9 Å². The molecule has 0 heterocycles. The lowest BCUT2D eigenvalue weighted by molar-refractivity contribution is 0.159. The van der Waals surface area contributed by atoms with Crippen molar-refractivity contribution >= 4 is 15.9 Å². The number of hydrogen-bond acceptors (Lipinski definition) is 4. The van der Waals surface area contributed by atoms with Gasteiger partial charge in [-0.05, 0) is 19.4 Å². The first-order valence-electron chi connectivity index (χ1n) is 4.46. The quantitative estimate of drug-likeness (QED) is 0.741. The van der Waals surface area contributed by atoms with Gasteiger partial charge >= 0.3 is 0 Å². The van der Waals surface area contributed by atoms with Crippen LogP contribution < -0.4 is 10.2 Å². The fourth-order valence-corrected chi connectivity index (χ4v) is 1.97. The van der Waals surface area contributed by atoms with Crippen LogP contribution in [0.4, 0.5) is 0 Å². The topological polar surface area (TPSA) is 61.7 Å². The summed E-state index contributed by atoms with van der Waals surface area (Å²) < 4.78 is 5.99. The highest BCUT2D eigenvalue weighted by atomic mass is 79.9. The Morgan fingerprint density at radius 1 is 1.33 bits per heavy atom. The number of rotatable bonds is 3. The van der Waals surface area contributed by atoms with E-state index in [1.54, 1.807) is 0 Å². The van der Waals surface area contributed by atoms with E-state index >= 15 is 0 Å². The van der Waals surface area contributed by atoms with Crippen molar-refractivity contribution in [2.75, 3.05) is 7.11 Å². The Balaban J connectivity index is 3.45. The Morgan fingerprint density at radius 2 is 1.93 bits per heavy atom. The summed E-state index contributed by atoms with van der Waals surface area (Å²) in [6.07, 6.45) is 0. The van der Waals surface area contributed by atoms with Crippen molar-refractivity contribution in [1.82, 2.24) is 5.48 Å². The molecule has 1 aromatic carbocycles. The van der Waals surface area contributed by atoms with Crippen molar-refractivity contribution in [1.29, 1.82) is 0 Å². The highest BCUT2D eigenvalue weighted by Gasteiger charge is 2.17. The van der Waals surface area contributed by atoms with Gasteiger partial charge in [0.15, 0.2) is 11.5 Å². The van der Waals surface area contributed by atoms with E-state index in [0.29, 0.717) is 11.3 Å². The third-order valence-corrected chi connectivity index (χ3v) is 3.60. The third-order valence-electron chi connectivity index (χ3n) is 2.41. The summed E-state index contributed by atoms with van der Waals surface area (Å²) in [4.78, 5) is 0. The maximum absolute atomic E-state index is 9.91. The lowest BCUT2D eigenvalue weighted by Crippen LogP contribution is -2.09. The molecule has 3 N–H and O–H groups in total. The molecule has 0 aromatic heterocycles. The van der Waals surface area contributed by atoms with E-state index in [1.807, 2.05) is 19.3 Å². The van der Waals surface area contributed by atoms with Gasteiger partial charge in [0.2, 0.25) is 0 Å². The summed E-state index contributed by atoms with van der Waals surface area (Å²) in [6.45, 7) is 3.89. The first kappa shape index (κ1) is 12.3. The van der Waals surface area contributed by atoms with E-state index < -0.39 is 0 Å². The lowest BCUT2D eigenvalue weighted by Gasteiger charge is -2.16. The van der Waals surface area contributed by atoms with Gasteiger partial charge in [-0.3, -0.25) is 0 Å². The molecular weight excluding hydrogens is 262 g/mol. The zero-order chi connectivity index (χ0) is 11.6. The highest BCUT2D eigenvalue weighted by Crippen LogP contribution is 2.40. The summed E-state index contributed by atoms with van der Waals surface area (Å²) in [7, 11) is 1.50. The van der Waals surface area contributed by atoms with Crippen LogP contribution >= 0.6 is 15.9 Å². The number of hydroxylamine groups is 1. The summed E-state index contributed by atoms with van der Waals surface area (Å²) in [5.74, 6) is 0.495. The largest absolute Gasteiger partial charge is 0.504 e. The molecule has 1 aromatic rings. The number of phenols is 1. The molecule has 0 radical (unpaired) electrons. The monoisotopic (exact) mass is 275 g/mol. The lowest BCUT2D eigenvalue weighted by atomic mass is 10.0. The van der Waals surface area contributed by atoms with Crippen molar-refractivity contribution < 1.29 is 15.1 Å². The zero-order valence-electron chi connectivity index (χ0n) is 8.89. The molecular formula is C10H14BrNO3. The fourth-order valence-electron chi connectivity index (χ4n) is 1.55. The molecule has 0 aliphatic carbocycles. The summed E-state index contributed by atoms with van der Waals surface area (Å²) in [5.41, 5.74) is 4.37. The van der Waals surface area contributed by atoms with Crippen LogP contribution in [0.25, 0.3) is 0 Å². The molecule has 0 spiro atoms. The number of nitrogens with one attached hydrogen (secondary N) is 1. The fraction of sp³-hybridized carbons (Fsp3) is 0.400. The van der Waals surface area contributed by atoms with Crippen LogP contribution in [0.2, 0.25) is 0 Å². The molecule has 15 heavy (non-hydrogen) atoms. The second kappa shape index (κ2) is 4.83. The molecule has 0 saturated heterocycles. The van der Waals surface area contributed by atoms with Gasteiger partial charge in [0.1, 0.15) is 0 Å². The number of hydrogen-bond donors (Lipinski definition) is 3. The highest BCUT2D eigenvalue weighted by molar-refractivity contribution is 9.10. The Labute approximate surface area is 97.0 Å². The van der Waals surface area contributed by atoms with Gasteiger partial charge in [-0.15, -0.1) is 0 Å². The van der Waals surface area contributed by atoms with Gasteiger partial charge in [-0.2, -0.15) is 0 Å². The van der Waals surface area contributed by atoms with E-state index in [9.17, 15) is 5.11 Å². The van der Waals surface area contributed by atoms with Crippen molar-refractivity contribution in [3.8, 4) is 11.5 Å². The normalized spacial score (nSPS) is 10.5. The average molecular weight is 276 g/mol. The second-order valence-electron chi connectivity index (χ2n) is 3.26. The Hall–Kier alpha value is -0.780. The number of benzene rings is 1. The summed E-state index contributed by atoms with van der Waals surface area (Å²) in [5, 5.41) is 18.6. The number of halogens is 1.